The first kappa shape index (κ1) is 14.5. The molecule has 3 N–H and O–H groups in total. The predicted octanol–water partition coefficient (Wildman–Crippen LogP) is 3.88. The fourth-order valence-corrected chi connectivity index (χ4v) is 2.87. The van der Waals surface area contributed by atoms with Crippen LogP contribution in [0.3, 0.4) is 0 Å². The van der Waals surface area contributed by atoms with Crippen LogP contribution >= 0.6 is 23.2 Å². The summed E-state index contributed by atoms with van der Waals surface area (Å²) in [6.45, 7) is 2.24. The van der Waals surface area contributed by atoms with E-state index in [2.05, 4.69) is 12.2 Å². The Labute approximate surface area is 123 Å². The van der Waals surface area contributed by atoms with E-state index in [0.29, 0.717) is 16.3 Å². The monoisotopic (exact) mass is 300 g/mol. The molecular formula is C14H18Cl2N2O. The summed E-state index contributed by atoms with van der Waals surface area (Å²) in [7, 11) is 0. The molecule has 1 aliphatic rings. The van der Waals surface area contributed by atoms with Crippen molar-refractivity contribution in [1.82, 2.24) is 5.32 Å². The maximum atomic E-state index is 12.2. The van der Waals surface area contributed by atoms with E-state index >= 15 is 0 Å². The minimum absolute atomic E-state index is 0.196. The molecule has 1 amide bonds. The summed E-state index contributed by atoms with van der Waals surface area (Å²) >= 11 is 12.0. The molecule has 3 nitrogen and oxygen atoms in total. The van der Waals surface area contributed by atoms with Gasteiger partial charge in [0.2, 0.25) is 0 Å². The maximum Gasteiger partial charge on any atom is 0.253 e. The number of hydrogen-bond donors (Lipinski definition) is 2. The number of anilines is 1. The lowest BCUT2D eigenvalue weighted by Crippen LogP contribution is -2.37. The van der Waals surface area contributed by atoms with Gasteiger partial charge in [-0.05, 0) is 43.7 Å². The van der Waals surface area contributed by atoms with Crippen LogP contribution in [-0.2, 0) is 0 Å². The second-order valence-corrected chi connectivity index (χ2v) is 6.08. The van der Waals surface area contributed by atoms with Crippen molar-refractivity contribution < 1.29 is 4.79 Å². The van der Waals surface area contributed by atoms with Gasteiger partial charge in [0.05, 0.1) is 15.6 Å². The van der Waals surface area contributed by atoms with Crippen LogP contribution in [-0.4, -0.2) is 11.9 Å². The summed E-state index contributed by atoms with van der Waals surface area (Å²) in [5, 5.41) is 3.58. The van der Waals surface area contributed by atoms with Crippen molar-refractivity contribution in [2.45, 2.75) is 38.6 Å². The molecule has 0 unspecified atom stereocenters. The van der Waals surface area contributed by atoms with Crippen LogP contribution in [0.4, 0.5) is 5.69 Å². The van der Waals surface area contributed by atoms with Gasteiger partial charge in [-0.2, -0.15) is 0 Å². The molecule has 0 saturated heterocycles. The highest BCUT2D eigenvalue weighted by atomic mass is 35.5. The van der Waals surface area contributed by atoms with Crippen molar-refractivity contribution in [3.63, 3.8) is 0 Å². The summed E-state index contributed by atoms with van der Waals surface area (Å²) in [6, 6.07) is 3.33. The highest BCUT2D eigenvalue weighted by molar-refractivity contribution is 6.44. The molecule has 1 aromatic carbocycles. The molecule has 0 bridgehead atoms. The molecule has 1 aliphatic carbocycles. The number of nitrogen functional groups attached to an aromatic ring is 1. The van der Waals surface area contributed by atoms with Crippen molar-refractivity contribution in [3.05, 3.63) is 27.7 Å². The van der Waals surface area contributed by atoms with E-state index in [1.54, 1.807) is 12.1 Å². The lowest BCUT2D eigenvalue weighted by Gasteiger charge is -2.27. The molecule has 0 heterocycles. The van der Waals surface area contributed by atoms with Crippen LogP contribution in [0.5, 0.6) is 0 Å². The SMILES string of the molecule is CC1CCC(NC(=O)c2cc(N)cc(Cl)c2Cl)CC1. The first-order chi connectivity index (χ1) is 8.97. The summed E-state index contributed by atoms with van der Waals surface area (Å²) in [6.07, 6.45) is 4.33. The van der Waals surface area contributed by atoms with Gasteiger partial charge < -0.3 is 11.1 Å². The highest BCUT2D eigenvalue weighted by Gasteiger charge is 2.22. The molecule has 2 rings (SSSR count). The third kappa shape index (κ3) is 3.54. The van der Waals surface area contributed by atoms with Crippen LogP contribution in [0.15, 0.2) is 12.1 Å². The quantitative estimate of drug-likeness (QED) is 0.814. The van der Waals surface area contributed by atoms with Gasteiger partial charge in [-0.15, -0.1) is 0 Å². The number of benzene rings is 1. The Morgan fingerprint density at radius 1 is 1.26 bits per heavy atom. The number of amides is 1. The average Bonchev–Trinajstić information content (AvgIpc) is 2.36. The summed E-state index contributed by atoms with van der Waals surface area (Å²) < 4.78 is 0. The van der Waals surface area contributed by atoms with E-state index in [1.165, 1.54) is 0 Å². The predicted molar refractivity (Wildman–Crippen MR) is 79.8 cm³/mol. The second-order valence-electron chi connectivity index (χ2n) is 5.29. The fraction of sp³-hybridized carbons (Fsp3) is 0.500. The Morgan fingerprint density at radius 2 is 1.89 bits per heavy atom. The maximum absolute atomic E-state index is 12.2. The van der Waals surface area contributed by atoms with Gasteiger partial charge in [-0.25, -0.2) is 0 Å². The molecule has 0 radical (unpaired) electrons. The minimum atomic E-state index is -0.196. The van der Waals surface area contributed by atoms with Gasteiger partial charge in [-0.3, -0.25) is 4.79 Å². The van der Waals surface area contributed by atoms with Gasteiger partial charge in [-0.1, -0.05) is 30.1 Å². The van der Waals surface area contributed by atoms with E-state index in [-0.39, 0.29) is 17.0 Å². The molecule has 0 aromatic heterocycles. The Kier molecular flexibility index (Phi) is 4.58. The Hall–Kier alpha value is -0.930. The second kappa shape index (κ2) is 6.02. The van der Waals surface area contributed by atoms with Crippen molar-refractivity contribution in [2.75, 3.05) is 5.73 Å². The van der Waals surface area contributed by atoms with Crippen molar-refractivity contribution in [2.24, 2.45) is 5.92 Å². The van der Waals surface area contributed by atoms with Gasteiger partial charge in [0.25, 0.3) is 5.91 Å². The highest BCUT2D eigenvalue weighted by Crippen LogP contribution is 2.29. The number of carbonyl (C=O) groups excluding carboxylic acids is 1. The third-order valence-electron chi connectivity index (χ3n) is 3.65. The standard InChI is InChI=1S/C14H18Cl2N2O/c1-8-2-4-10(5-3-8)18-14(19)11-6-9(17)7-12(15)13(11)16/h6-8,10H,2-5,17H2,1H3,(H,18,19). The molecule has 0 atom stereocenters. The van der Waals surface area contributed by atoms with E-state index in [1.807, 2.05) is 0 Å². The van der Waals surface area contributed by atoms with E-state index in [4.69, 9.17) is 28.9 Å². The lowest BCUT2D eigenvalue weighted by molar-refractivity contribution is 0.0923. The number of nitrogens with one attached hydrogen (secondary N) is 1. The van der Waals surface area contributed by atoms with Crippen molar-refractivity contribution >= 4 is 34.8 Å². The zero-order valence-corrected chi connectivity index (χ0v) is 12.4. The zero-order chi connectivity index (χ0) is 14.0. The zero-order valence-electron chi connectivity index (χ0n) is 10.9. The van der Waals surface area contributed by atoms with Crippen LogP contribution in [0, 0.1) is 5.92 Å². The van der Waals surface area contributed by atoms with Crippen molar-refractivity contribution in [1.29, 1.82) is 0 Å². The number of carbonyl (C=O) groups is 1. The summed E-state index contributed by atoms with van der Waals surface area (Å²) in [5.74, 6) is 0.553. The smallest absolute Gasteiger partial charge is 0.253 e. The minimum Gasteiger partial charge on any atom is -0.399 e. The fourth-order valence-electron chi connectivity index (χ4n) is 2.44. The first-order valence-corrected chi connectivity index (χ1v) is 7.28. The molecule has 104 valence electrons. The molecule has 0 aliphatic heterocycles. The lowest BCUT2D eigenvalue weighted by atomic mass is 9.87. The molecule has 5 heteroatoms. The van der Waals surface area contributed by atoms with Gasteiger partial charge >= 0.3 is 0 Å². The normalized spacial score (nSPS) is 23.1. The number of halogens is 2. The van der Waals surface area contributed by atoms with E-state index < -0.39 is 0 Å². The van der Waals surface area contributed by atoms with Gasteiger partial charge in [0.15, 0.2) is 0 Å². The van der Waals surface area contributed by atoms with Crippen LogP contribution in [0.1, 0.15) is 43.0 Å². The molecule has 0 spiro atoms. The summed E-state index contributed by atoms with van der Waals surface area (Å²) in [4.78, 5) is 12.2. The largest absolute Gasteiger partial charge is 0.399 e. The van der Waals surface area contributed by atoms with Crippen LogP contribution < -0.4 is 11.1 Å². The first-order valence-electron chi connectivity index (χ1n) is 6.52. The Bertz CT molecular complexity index is 483. The van der Waals surface area contributed by atoms with E-state index in [9.17, 15) is 4.79 Å². The van der Waals surface area contributed by atoms with Crippen LogP contribution in [0.25, 0.3) is 0 Å². The molecule has 19 heavy (non-hydrogen) atoms. The van der Waals surface area contributed by atoms with Crippen LogP contribution in [0.2, 0.25) is 10.0 Å². The molecule has 1 fully saturated rings. The molecular weight excluding hydrogens is 283 g/mol. The Morgan fingerprint density at radius 3 is 2.53 bits per heavy atom. The molecule has 1 saturated carbocycles. The average molecular weight is 301 g/mol. The van der Waals surface area contributed by atoms with Gasteiger partial charge in [0, 0.05) is 11.7 Å². The number of nitrogens with two attached hydrogens (primary N) is 1. The van der Waals surface area contributed by atoms with E-state index in [0.717, 1.165) is 31.6 Å². The summed E-state index contributed by atoms with van der Waals surface area (Å²) in [5.41, 5.74) is 6.49. The number of rotatable bonds is 2. The number of hydrogen-bond acceptors (Lipinski definition) is 2. The van der Waals surface area contributed by atoms with Gasteiger partial charge in [0.1, 0.15) is 0 Å². The molecule has 1 aromatic rings. The Balaban J connectivity index is 2.08. The third-order valence-corrected chi connectivity index (χ3v) is 4.45. The topological polar surface area (TPSA) is 55.1 Å². The van der Waals surface area contributed by atoms with Crippen molar-refractivity contribution in [3.8, 4) is 0 Å².